The van der Waals surface area contributed by atoms with Crippen LogP contribution in [0.2, 0.25) is 0 Å². The molecule has 8 heteroatoms. The van der Waals surface area contributed by atoms with Crippen molar-refractivity contribution in [3.8, 4) is 0 Å². The van der Waals surface area contributed by atoms with Crippen LogP contribution in [0.5, 0.6) is 0 Å². The number of hydrogen-bond acceptors (Lipinski definition) is 8. The molecule has 1 aromatic heterocycles. The molecule has 1 unspecified atom stereocenters. The minimum absolute atomic E-state index is 0.159. The number of nitrogens with one attached hydrogen (secondary N) is 1. The Morgan fingerprint density at radius 3 is 2.79 bits per heavy atom. The zero-order valence-electron chi connectivity index (χ0n) is 16.3. The van der Waals surface area contributed by atoms with Crippen molar-refractivity contribution in [3.63, 3.8) is 0 Å². The van der Waals surface area contributed by atoms with E-state index in [1.165, 1.54) is 12.0 Å². The normalized spacial score (nSPS) is 21.1. The quantitative estimate of drug-likeness (QED) is 0.784. The Hall–Kier alpha value is -2.29. The number of likely N-dealkylation sites (tertiary alicyclic amines) is 1. The van der Waals surface area contributed by atoms with Crippen LogP contribution in [0.3, 0.4) is 0 Å². The lowest BCUT2D eigenvalue weighted by Crippen LogP contribution is -2.47. The highest BCUT2D eigenvalue weighted by atomic mass is 16.7. The van der Waals surface area contributed by atoms with E-state index in [1.807, 2.05) is 18.2 Å². The molecule has 150 valence electrons. The number of nitrogens with zero attached hydrogens (tertiary/aromatic N) is 4. The maximum absolute atomic E-state index is 5.98. The van der Waals surface area contributed by atoms with Gasteiger partial charge in [-0.3, -0.25) is 4.90 Å². The molecule has 2 saturated heterocycles. The largest absolute Gasteiger partial charge is 0.368 e. The second-order valence-corrected chi connectivity index (χ2v) is 7.21. The summed E-state index contributed by atoms with van der Waals surface area (Å²) in [7, 11) is 0. The number of anilines is 3. The number of nitrogens with two attached hydrogens (primary N) is 1. The van der Waals surface area contributed by atoms with Crippen LogP contribution in [-0.4, -0.2) is 51.9 Å². The van der Waals surface area contributed by atoms with Crippen LogP contribution in [0, 0.1) is 0 Å². The summed E-state index contributed by atoms with van der Waals surface area (Å²) in [6, 6.07) is 8.36. The molecule has 3 N–H and O–H groups in total. The van der Waals surface area contributed by atoms with Gasteiger partial charge in [0.05, 0.1) is 25.8 Å². The fourth-order valence-electron chi connectivity index (χ4n) is 3.94. The van der Waals surface area contributed by atoms with Crippen molar-refractivity contribution in [2.75, 3.05) is 30.8 Å². The third-order valence-corrected chi connectivity index (χ3v) is 5.31. The van der Waals surface area contributed by atoms with E-state index in [9.17, 15) is 0 Å². The monoisotopic (exact) mass is 384 g/mol. The second-order valence-electron chi connectivity index (χ2n) is 7.21. The van der Waals surface area contributed by atoms with Crippen molar-refractivity contribution in [1.29, 1.82) is 0 Å². The number of piperidine rings is 1. The lowest BCUT2D eigenvalue weighted by Gasteiger charge is -2.37. The molecule has 2 fully saturated rings. The average Bonchev–Trinajstić information content (AvgIpc) is 3.23. The van der Waals surface area contributed by atoms with E-state index in [-0.39, 0.29) is 18.3 Å². The van der Waals surface area contributed by atoms with Gasteiger partial charge in [-0.15, -0.1) is 0 Å². The van der Waals surface area contributed by atoms with Crippen LogP contribution < -0.4 is 11.1 Å². The van der Waals surface area contributed by atoms with Gasteiger partial charge >= 0.3 is 0 Å². The van der Waals surface area contributed by atoms with Crippen molar-refractivity contribution in [3.05, 3.63) is 35.7 Å². The van der Waals surface area contributed by atoms with Crippen LogP contribution in [0.15, 0.2) is 24.3 Å². The van der Waals surface area contributed by atoms with Gasteiger partial charge in [-0.25, -0.2) is 0 Å². The first-order chi connectivity index (χ1) is 13.7. The first-order valence-corrected chi connectivity index (χ1v) is 10.1. The van der Waals surface area contributed by atoms with Gasteiger partial charge in [0.25, 0.3) is 0 Å². The predicted molar refractivity (Wildman–Crippen MR) is 107 cm³/mol. The number of aromatic nitrogens is 3. The molecule has 0 bridgehead atoms. The van der Waals surface area contributed by atoms with Crippen LogP contribution in [0.1, 0.15) is 37.6 Å². The smallest absolute Gasteiger partial charge is 0.232 e. The van der Waals surface area contributed by atoms with Gasteiger partial charge in [-0.2, -0.15) is 15.0 Å². The zero-order valence-corrected chi connectivity index (χ0v) is 16.3. The number of benzene rings is 1. The molecule has 0 amide bonds. The fraction of sp³-hybridized carbons (Fsp3) is 0.550. The van der Waals surface area contributed by atoms with E-state index in [4.69, 9.17) is 15.2 Å². The van der Waals surface area contributed by atoms with E-state index in [1.54, 1.807) is 0 Å². The molecule has 2 aromatic rings. The van der Waals surface area contributed by atoms with Crippen LogP contribution in [0.4, 0.5) is 17.6 Å². The van der Waals surface area contributed by atoms with Gasteiger partial charge in [0.1, 0.15) is 5.82 Å². The Balaban J connectivity index is 1.51. The molecule has 0 saturated carbocycles. The van der Waals surface area contributed by atoms with Gasteiger partial charge in [-0.1, -0.05) is 31.5 Å². The Kier molecular flexibility index (Phi) is 5.99. The molecule has 0 radical (unpaired) electrons. The van der Waals surface area contributed by atoms with Gasteiger partial charge < -0.3 is 20.5 Å². The van der Waals surface area contributed by atoms with Gasteiger partial charge in [-0.05, 0) is 37.4 Å². The minimum atomic E-state index is -0.159. The van der Waals surface area contributed by atoms with Crippen LogP contribution in [0.25, 0.3) is 0 Å². The average molecular weight is 384 g/mol. The Morgan fingerprint density at radius 2 is 1.96 bits per heavy atom. The number of rotatable bonds is 6. The van der Waals surface area contributed by atoms with Crippen molar-refractivity contribution in [2.24, 2.45) is 0 Å². The molecule has 28 heavy (non-hydrogen) atoms. The van der Waals surface area contributed by atoms with E-state index < -0.39 is 0 Å². The van der Waals surface area contributed by atoms with Gasteiger partial charge in [0.15, 0.2) is 6.29 Å². The lowest BCUT2D eigenvalue weighted by molar-refractivity contribution is -0.111. The summed E-state index contributed by atoms with van der Waals surface area (Å²) < 4.78 is 11.5. The van der Waals surface area contributed by atoms with Crippen molar-refractivity contribution in [1.82, 2.24) is 19.9 Å². The summed E-state index contributed by atoms with van der Waals surface area (Å²) in [4.78, 5) is 15.6. The molecular weight excluding hydrogens is 356 g/mol. The third kappa shape index (κ3) is 4.40. The molecule has 4 rings (SSSR count). The number of aryl methyl sites for hydroxylation is 1. The van der Waals surface area contributed by atoms with E-state index in [0.29, 0.717) is 31.5 Å². The summed E-state index contributed by atoms with van der Waals surface area (Å²) in [6.07, 6.45) is 4.16. The Labute approximate surface area is 165 Å². The van der Waals surface area contributed by atoms with E-state index >= 15 is 0 Å². The second kappa shape index (κ2) is 8.81. The van der Waals surface area contributed by atoms with E-state index in [2.05, 4.69) is 38.2 Å². The SMILES string of the molecule is CCc1ccccc1Nc1nc(N)nc(CN2CCCCC2C2OCCO2)n1. The zero-order chi connectivity index (χ0) is 19.3. The molecule has 1 atom stereocenters. The third-order valence-electron chi connectivity index (χ3n) is 5.31. The predicted octanol–water partition coefficient (Wildman–Crippen LogP) is 2.49. The summed E-state index contributed by atoms with van der Waals surface area (Å²) in [5, 5.41) is 3.30. The molecule has 2 aliphatic heterocycles. The highest BCUT2D eigenvalue weighted by molar-refractivity contribution is 5.58. The molecule has 0 aliphatic carbocycles. The number of ether oxygens (including phenoxy) is 2. The van der Waals surface area contributed by atoms with Crippen molar-refractivity contribution < 1.29 is 9.47 Å². The first kappa shape index (κ1) is 19.0. The number of nitrogen functional groups attached to an aromatic ring is 1. The molecule has 0 spiro atoms. The number of para-hydroxylation sites is 1. The maximum atomic E-state index is 5.98. The molecule has 1 aromatic carbocycles. The standard InChI is InChI=1S/C20H28N6O2/c1-2-14-7-3-4-8-15(14)22-20-24-17(23-19(21)25-20)13-26-10-6-5-9-16(26)18-27-11-12-28-18/h3-4,7-8,16,18H,2,5-6,9-13H2,1H3,(H3,21,22,23,24,25). The van der Waals surface area contributed by atoms with E-state index in [0.717, 1.165) is 31.5 Å². The molecule has 8 nitrogen and oxygen atoms in total. The maximum Gasteiger partial charge on any atom is 0.232 e. The summed E-state index contributed by atoms with van der Waals surface area (Å²) in [5.74, 6) is 1.36. The summed E-state index contributed by atoms with van der Waals surface area (Å²) >= 11 is 0. The highest BCUT2D eigenvalue weighted by Gasteiger charge is 2.34. The van der Waals surface area contributed by atoms with Gasteiger partial charge in [0.2, 0.25) is 11.9 Å². The van der Waals surface area contributed by atoms with Crippen molar-refractivity contribution in [2.45, 2.75) is 51.5 Å². The van der Waals surface area contributed by atoms with Crippen molar-refractivity contribution >= 4 is 17.6 Å². The van der Waals surface area contributed by atoms with Gasteiger partial charge in [0, 0.05) is 5.69 Å². The highest BCUT2D eigenvalue weighted by Crippen LogP contribution is 2.26. The van der Waals surface area contributed by atoms with Crippen LogP contribution in [-0.2, 0) is 22.4 Å². The first-order valence-electron chi connectivity index (χ1n) is 10.1. The van der Waals surface area contributed by atoms with Crippen LogP contribution >= 0.6 is 0 Å². The fourth-order valence-corrected chi connectivity index (χ4v) is 3.94. The summed E-state index contributed by atoms with van der Waals surface area (Å²) in [6.45, 7) is 5.03. The molecule has 3 heterocycles. The topological polar surface area (TPSA) is 98.4 Å². The Morgan fingerprint density at radius 1 is 1.14 bits per heavy atom. The number of hydrogen-bond donors (Lipinski definition) is 2. The lowest BCUT2D eigenvalue weighted by atomic mass is 10.0. The molecule has 2 aliphatic rings. The summed E-state index contributed by atoms with van der Waals surface area (Å²) in [5.41, 5.74) is 8.17. The minimum Gasteiger partial charge on any atom is -0.368 e. The molecular formula is C20H28N6O2. The Bertz CT molecular complexity index is 796.